The fourth-order valence-corrected chi connectivity index (χ4v) is 2.13. The molecule has 0 saturated carbocycles. The number of carbonyl (C=O) groups excluding carboxylic acids is 2. The number of piperazine rings is 1. The molecule has 1 N–H and O–H groups in total. The topological polar surface area (TPSA) is 49.4 Å². The maximum Gasteiger partial charge on any atom is 0.246 e. The van der Waals surface area contributed by atoms with Gasteiger partial charge < -0.3 is 10.2 Å². The average molecular weight is 244 g/mol. The summed E-state index contributed by atoms with van der Waals surface area (Å²) in [6.07, 6.45) is 1.38. The van der Waals surface area contributed by atoms with Crippen LogP contribution < -0.4 is 5.32 Å². The molecular weight excluding hydrogens is 223 g/mol. The SMILES string of the molecule is CCC1NC(=O)C(C)(CC)N(CCCF)C1=O. The molecule has 0 bridgehead atoms. The number of hydrogen-bond donors (Lipinski definition) is 1. The smallest absolute Gasteiger partial charge is 0.246 e. The highest BCUT2D eigenvalue weighted by molar-refractivity contribution is 5.99. The number of nitrogens with zero attached hydrogens (tertiary/aromatic N) is 1. The maximum atomic E-state index is 12.3. The molecular formula is C12H21FN2O2. The Bertz CT molecular complexity index is 309. The van der Waals surface area contributed by atoms with Crippen molar-refractivity contribution >= 4 is 11.8 Å². The van der Waals surface area contributed by atoms with Gasteiger partial charge in [-0.2, -0.15) is 0 Å². The van der Waals surface area contributed by atoms with E-state index in [0.29, 0.717) is 19.4 Å². The molecule has 17 heavy (non-hydrogen) atoms. The van der Waals surface area contributed by atoms with E-state index in [9.17, 15) is 14.0 Å². The first-order valence-electron chi connectivity index (χ1n) is 6.19. The summed E-state index contributed by atoms with van der Waals surface area (Å²) >= 11 is 0. The molecule has 98 valence electrons. The maximum absolute atomic E-state index is 12.3. The lowest BCUT2D eigenvalue weighted by molar-refractivity contribution is -0.156. The lowest BCUT2D eigenvalue weighted by atomic mass is 9.90. The normalized spacial score (nSPS) is 29.4. The largest absolute Gasteiger partial charge is 0.342 e. The molecule has 5 heteroatoms. The van der Waals surface area contributed by atoms with E-state index in [-0.39, 0.29) is 18.2 Å². The fraction of sp³-hybridized carbons (Fsp3) is 0.833. The highest BCUT2D eigenvalue weighted by Crippen LogP contribution is 2.25. The highest BCUT2D eigenvalue weighted by atomic mass is 19.1. The van der Waals surface area contributed by atoms with Crippen LogP contribution in [0.25, 0.3) is 0 Å². The molecule has 0 aromatic rings. The molecule has 4 nitrogen and oxygen atoms in total. The molecule has 0 aromatic heterocycles. The molecule has 0 radical (unpaired) electrons. The molecule has 2 atom stereocenters. The summed E-state index contributed by atoms with van der Waals surface area (Å²) in [5.41, 5.74) is -0.835. The summed E-state index contributed by atoms with van der Waals surface area (Å²) < 4.78 is 12.3. The van der Waals surface area contributed by atoms with Crippen molar-refractivity contribution in [1.82, 2.24) is 10.2 Å². The zero-order chi connectivity index (χ0) is 13.1. The predicted molar refractivity (Wildman–Crippen MR) is 63.2 cm³/mol. The van der Waals surface area contributed by atoms with Gasteiger partial charge in [-0.15, -0.1) is 0 Å². The van der Waals surface area contributed by atoms with E-state index in [1.54, 1.807) is 11.8 Å². The monoisotopic (exact) mass is 244 g/mol. The van der Waals surface area contributed by atoms with Gasteiger partial charge in [-0.05, 0) is 26.2 Å². The third-order valence-electron chi connectivity index (χ3n) is 3.57. The number of halogens is 1. The van der Waals surface area contributed by atoms with E-state index in [1.165, 1.54) is 0 Å². The first kappa shape index (κ1) is 13.9. The molecule has 0 spiro atoms. The average Bonchev–Trinajstić information content (AvgIpc) is 2.33. The van der Waals surface area contributed by atoms with Gasteiger partial charge in [0.2, 0.25) is 11.8 Å². The van der Waals surface area contributed by atoms with Crippen LogP contribution in [0.5, 0.6) is 0 Å². The lowest BCUT2D eigenvalue weighted by Crippen LogP contribution is -2.69. The van der Waals surface area contributed by atoms with Gasteiger partial charge in [-0.25, -0.2) is 0 Å². The van der Waals surface area contributed by atoms with Crippen LogP contribution in [0.1, 0.15) is 40.0 Å². The van der Waals surface area contributed by atoms with Crippen LogP contribution in [0.4, 0.5) is 4.39 Å². The summed E-state index contributed by atoms with van der Waals surface area (Å²) in [6, 6.07) is -0.457. The standard InChI is InChI=1S/C12H21FN2O2/c1-4-9-10(16)15(8-6-7-13)12(3,5-2)11(17)14-9/h9H,4-8H2,1-3H3,(H,14,17). The molecule has 0 aliphatic carbocycles. The van der Waals surface area contributed by atoms with Crippen LogP contribution in [0.3, 0.4) is 0 Å². The third kappa shape index (κ3) is 2.42. The Kier molecular flexibility index (Phi) is 4.48. The van der Waals surface area contributed by atoms with Crippen molar-refractivity contribution in [2.24, 2.45) is 0 Å². The van der Waals surface area contributed by atoms with Crippen molar-refractivity contribution in [2.75, 3.05) is 13.2 Å². The second-order valence-electron chi connectivity index (χ2n) is 4.59. The second kappa shape index (κ2) is 5.47. The molecule has 2 amide bonds. The van der Waals surface area contributed by atoms with Crippen molar-refractivity contribution in [3.8, 4) is 0 Å². The Hall–Kier alpha value is -1.13. The number of nitrogens with one attached hydrogen (secondary N) is 1. The number of carbonyl (C=O) groups is 2. The van der Waals surface area contributed by atoms with Crippen LogP contribution in [0.15, 0.2) is 0 Å². The van der Waals surface area contributed by atoms with Gasteiger partial charge >= 0.3 is 0 Å². The van der Waals surface area contributed by atoms with Gasteiger partial charge in [-0.1, -0.05) is 13.8 Å². The third-order valence-corrected chi connectivity index (χ3v) is 3.57. The lowest BCUT2D eigenvalue weighted by Gasteiger charge is -2.45. The summed E-state index contributed by atoms with van der Waals surface area (Å²) in [5.74, 6) is -0.227. The molecule has 1 fully saturated rings. The van der Waals surface area contributed by atoms with E-state index < -0.39 is 18.3 Å². The first-order valence-corrected chi connectivity index (χ1v) is 6.19. The minimum absolute atomic E-state index is 0.0927. The predicted octanol–water partition coefficient (Wildman–Crippen LogP) is 1.25. The van der Waals surface area contributed by atoms with E-state index in [1.807, 2.05) is 13.8 Å². The Morgan fingerprint density at radius 2 is 2.06 bits per heavy atom. The minimum atomic E-state index is -0.835. The summed E-state index contributed by atoms with van der Waals surface area (Å²) in [6.45, 7) is 5.29. The van der Waals surface area contributed by atoms with E-state index in [0.717, 1.165) is 0 Å². The minimum Gasteiger partial charge on any atom is -0.342 e. The molecule has 1 heterocycles. The highest BCUT2D eigenvalue weighted by Gasteiger charge is 2.47. The quantitative estimate of drug-likeness (QED) is 0.791. The molecule has 1 saturated heterocycles. The van der Waals surface area contributed by atoms with Gasteiger partial charge in [0.1, 0.15) is 11.6 Å². The van der Waals surface area contributed by atoms with Gasteiger partial charge in [0.25, 0.3) is 0 Å². The molecule has 2 unspecified atom stereocenters. The Morgan fingerprint density at radius 3 is 2.53 bits per heavy atom. The van der Waals surface area contributed by atoms with Crippen molar-refractivity contribution in [3.05, 3.63) is 0 Å². The number of rotatable bonds is 5. The van der Waals surface area contributed by atoms with Crippen molar-refractivity contribution in [3.63, 3.8) is 0 Å². The van der Waals surface area contributed by atoms with Crippen LogP contribution >= 0.6 is 0 Å². The van der Waals surface area contributed by atoms with Gasteiger partial charge in [0.05, 0.1) is 6.67 Å². The number of alkyl halides is 1. The van der Waals surface area contributed by atoms with E-state index >= 15 is 0 Å². The second-order valence-corrected chi connectivity index (χ2v) is 4.59. The summed E-state index contributed by atoms with van der Waals surface area (Å²) in [7, 11) is 0. The summed E-state index contributed by atoms with van der Waals surface area (Å²) in [5, 5.41) is 2.74. The van der Waals surface area contributed by atoms with Gasteiger partial charge in [-0.3, -0.25) is 14.0 Å². The van der Waals surface area contributed by atoms with Crippen LogP contribution in [-0.4, -0.2) is 41.5 Å². The van der Waals surface area contributed by atoms with Gasteiger partial charge in [0.15, 0.2) is 0 Å². The van der Waals surface area contributed by atoms with Gasteiger partial charge in [0, 0.05) is 6.54 Å². The van der Waals surface area contributed by atoms with E-state index in [2.05, 4.69) is 5.32 Å². The van der Waals surface area contributed by atoms with Crippen molar-refractivity contribution in [2.45, 2.75) is 51.6 Å². The zero-order valence-corrected chi connectivity index (χ0v) is 10.8. The molecule has 1 aliphatic heterocycles. The van der Waals surface area contributed by atoms with Crippen molar-refractivity contribution in [1.29, 1.82) is 0 Å². The molecule has 0 aromatic carbocycles. The Morgan fingerprint density at radius 1 is 1.41 bits per heavy atom. The summed E-state index contributed by atoms with van der Waals surface area (Å²) in [4.78, 5) is 25.7. The Labute approximate surface area is 102 Å². The van der Waals surface area contributed by atoms with Crippen molar-refractivity contribution < 1.29 is 14.0 Å². The first-order chi connectivity index (χ1) is 8.01. The van der Waals surface area contributed by atoms with Crippen LogP contribution in [0.2, 0.25) is 0 Å². The fourth-order valence-electron chi connectivity index (χ4n) is 2.13. The van der Waals surface area contributed by atoms with E-state index in [4.69, 9.17) is 0 Å². The number of amides is 2. The van der Waals surface area contributed by atoms with Crippen LogP contribution in [0, 0.1) is 0 Å². The zero-order valence-electron chi connectivity index (χ0n) is 10.8. The Balaban J connectivity index is 2.96. The molecule has 1 rings (SSSR count). The molecule has 1 aliphatic rings. The van der Waals surface area contributed by atoms with Crippen LogP contribution in [-0.2, 0) is 9.59 Å². The number of hydrogen-bond acceptors (Lipinski definition) is 2.